The zero-order valence-corrected chi connectivity index (χ0v) is 18.8. The molecule has 0 spiro atoms. The third-order valence-corrected chi connectivity index (χ3v) is 7.26. The van der Waals surface area contributed by atoms with E-state index in [2.05, 4.69) is 16.8 Å². The van der Waals surface area contributed by atoms with Crippen molar-refractivity contribution in [2.75, 3.05) is 0 Å². The Morgan fingerprint density at radius 2 is 1.55 bits per heavy atom. The van der Waals surface area contributed by atoms with E-state index in [1.807, 2.05) is 96.5 Å². The highest BCUT2D eigenvalue weighted by Crippen LogP contribution is 2.25. The molecular weight excluding hydrogens is 428 g/mol. The van der Waals surface area contributed by atoms with E-state index >= 15 is 0 Å². The summed E-state index contributed by atoms with van der Waals surface area (Å²) in [5.74, 6) is 0. The molecule has 5 aromatic rings. The summed E-state index contributed by atoms with van der Waals surface area (Å²) in [6.07, 6.45) is 0. The van der Waals surface area contributed by atoms with Gasteiger partial charge in [0, 0.05) is 34.1 Å². The number of hydrogen-bond donors (Lipinski definition) is 0. The van der Waals surface area contributed by atoms with Crippen LogP contribution < -0.4 is 15.7 Å². The predicted octanol–water partition coefficient (Wildman–Crippen LogP) is 3.73. The lowest BCUT2D eigenvalue weighted by Crippen LogP contribution is -2.38. The van der Waals surface area contributed by atoms with Gasteiger partial charge < -0.3 is 4.57 Å². The zero-order chi connectivity index (χ0) is 22.5. The molecule has 6 heteroatoms. The first-order valence-corrected chi connectivity index (χ1v) is 11.5. The van der Waals surface area contributed by atoms with Gasteiger partial charge in [-0.25, -0.2) is 0 Å². The van der Waals surface area contributed by atoms with Crippen molar-refractivity contribution in [3.8, 4) is 0 Å². The SMILES string of the molecule is C=c1/c(=c2\sc3n(c2=O)C(c2ccccc2)C(c2ccccc2)=NN=3)c2ccccc2n1C. The maximum absolute atomic E-state index is 14.0. The van der Waals surface area contributed by atoms with Crippen LogP contribution >= 0.6 is 11.3 Å². The average Bonchev–Trinajstić information content (AvgIpc) is 3.33. The third kappa shape index (κ3) is 2.95. The molecule has 3 aromatic carbocycles. The van der Waals surface area contributed by atoms with Crippen LogP contribution in [0.4, 0.5) is 0 Å². The first-order chi connectivity index (χ1) is 16.1. The fourth-order valence-corrected chi connectivity index (χ4v) is 5.64. The molecule has 0 bridgehead atoms. The van der Waals surface area contributed by atoms with E-state index in [1.165, 1.54) is 11.3 Å². The molecule has 0 fully saturated rings. The molecule has 0 aliphatic carbocycles. The van der Waals surface area contributed by atoms with Crippen molar-refractivity contribution in [1.82, 2.24) is 9.13 Å². The normalized spacial score (nSPS) is 16.3. The first-order valence-electron chi connectivity index (χ1n) is 10.7. The lowest BCUT2D eigenvalue weighted by molar-refractivity contribution is 0.657. The second-order valence-electron chi connectivity index (χ2n) is 8.05. The minimum absolute atomic E-state index is 0.0720. The van der Waals surface area contributed by atoms with Gasteiger partial charge in [0.15, 0.2) is 0 Å². The molecule has 2 aromatic heterocycles. The Hall–Kier alpha value is -4.03. The molecule has 1 atom stereocenters. The molecule has 0 saturated heterocycles. The fraction of sp³-hybridized carbons (Fsp3) is 0.0741. The van der Waals surface area contributed by atoms with Crippen LogP contribution in [0.2, 0.25) is 0 Å². The quantitative estimate of drug-likeness (QED) is 0.406. The lowest BCUT2D eigenvalue weighted by Gasteiger charge is -2.22. The van der Waals surface area contributed by atoms with E-state index in [0.29, 0.717) is 9.33 Å². The Morgan fingerprint density at radius 3 is 2.30 bits per heavy atom. The maximum Gasteiger partial charge on any atom is 0.271 e. The van der Waals surface area contributed by atoms with Crippen LogP contribution in [-0.4, -0.2) is 14.8 Å². The van der Waals surface area contributed by atoms with Gasteiger partial charge in [0.05, 0.1) is 5.71 Å². The summed E-state index contributed by atoms with van der Waals surface area (Å²) in [7, 11) is 1.98. The summed E-state index contributed by atoms with van der Waals surface area (Å²) in [6, 6.07) is 27.7. The Bertz CT molecular complexity index is 1810. The summed E-state index contributed by atoms with van der Waals surface area (Å²) in [5.41, 5.74) is 3.68. The van der Waals surface area contributed by atoms with Gasteiger partial charge in [-0.15, -0.1) is 10.2 Å². The van der Waals surface area contributed by atoms with Crippen molar-refractivity contribution in [2.45, 2.75) is 6.04 Å². The molecule has 1 aliphatic heterocycles. The van der Waals surface area contributed by atoms with Crippen LogP contribution in [0.3, 0.4) is 0 Å². The van der Waals surface area contributed by atoms with Crippen molar-refractivity contribution < 1.29 is 0 Å². The van der Waals surface area contributed by atoms with E-state index in [1.54, 1.807) is 4.57 Å². The van der Waals surface area contributed by atoms with Crippen molar-refractivity contribution in [2.24, 2.45) is 17.3 Å². The van der Waals surface area contributed by atoms with Gasteiger partial charge in [-0.05, 0) is 11.6 Å². The third-order valence-electron chi connectivity index (χ3n) is 6.21. The van der Waals surface area contributed by atoms with Crippen LogP contribution in [0.5, 0.6) is 0 Å². The fourth-order valence-electron chi connectivity index (χ4n) is 4.57. The molecule has 0 N–H and O–H groups in total. The van der Waals surface area contributed by atoms with Gasteiger partial charge in [-0.1, -0.05) is 96.8 Å². The van der Waals surface area contributed by atoms with E-state index in [4.69, 9.17) is 0 Å². The summed E-state index contributed by atoms with van der Waals surface area (Å²) < 4.78 is 4.46. The number of nitrogens with zero attached hydrogens (tertiary/aromatic N) is 4. The number of fused-ring (bicyclic) bond motifs is 2. The number of rotatable bonds is 2. The van der Waals surface area contributed by atoms with Crippen LogP contribution in [0.1, 0.15) is 17.2 Å². The van der Waals surface area contributed by atoms with Crippen LogP contribution in [0.15, 0.2) is 99.9 Å². The molecule has 160 valence electrons. The van der Waals surface area contributed by atoms with Crippen molar-refractivity contribution >= 4 is 34.5 Å². The number of para-hydroxylation sites is 1. The first kappa shape index (κ1) is 19.6. The number of thiazole rings is 1. The van der Waals surface area contributed by atoms with Gasteiger partial charge in [-0.3, -0.25) is 9.36 Å². The molecule has 6 rings (SSSR count). The molecule has 0 radical (unpaired) electrons. The monoisotopic (exact) mass is 448 g/mol. The van der Waals surface area contributed by atoms with Gasteiger partial charge in [0.1, 0.15) is 10.6 Å². The molecule has 5 nitrogen and oxygen atoms in total. The molecule has 1 aliphatic rings. The Labute approximate surface area is 193 Å². The molecule has 1 unspecified atom stereocenters. The second kappa shape index (κ2) is 7.53. The topological polar surface area (TPSA) is 51.6 Å². The van der Waals surface area contributed by atoms with Crippen molar-refractivity contribution in [3.63, 3.8) is 0 Å². The van der Waals surface area contributed by atoms with Crippen molar-refractivity contribution in [1.29, 1.82) is 0 Å². The smallest absolute Gasteiger partial charge is 0.271 e. The molecule has 0 saturated carbocycles. The Balaban J connectivity index is 1.74. The number of aromatic nitrogens is 2. The summed E-state index contributed by atoms with van der Waals surface area (Å²) >= 11 is 1.38. The van der Waals surface area contributed by atoms with Crippen LogP contribution in [0, 0.1) is 9.75 Å². The molecule has 0 amide bonds. The highest BCUT2D eigenvalue weighted by atomic mass is 32.1. The molecule has 33 heavy (non-hydrogen) atoms. The summed E-state index contributed by atoms with van der Waals surface area (Å²) in [6.45, 7) is 4.28. The Kier molecular flexibility index (Phi) is 4.48. The number of aryl methyl sites for hydroxylation is 1. The highest BCUT2D eigenvalue weighted by molar-refractivity contribution is 7.07. The second-order valence-corrected chi connectivity index (χ2v) is 9.03. The van der Waals surface area contributed by atoms with E-state index < -0.39 is 0 Å². The van der Waals surface area contributed by atoms with Gasteiger partial charge in [0.25, 0.3) is 5.56 Å². The number of benzene rings is 3. The molecule has 3 heterocycles. The minimum atomic E-state index is -0.359. The van der Waals surface area contributed by atoms with Gasteiger partial charge >= 0.3 is 0 Å². The molecular formula is C27H20N4OS. The van der Waals surface area contributed by atoms with E-state index in [-0.39, 0.29) is 11.6 Å². The summed E-state index contributed by atoms with van der Waals surface area (Å²) in [4.78, 5) is 14.6. The maximum atomic E-state index is 14.0. The summed E-state index contributed by atoms with van der Waals surface area (Å²) in [5, 5.41) is 11.8. The van der Waals surface area contributed by atoms with E-state index in [0.717, 1.165) is 38.3 Å². The van der Waals surface area contributed by atoms with E-state index in [9.17, 15) is 4.79 Å². The number of hydrogen-bond acceptors (Lipinski definition) is 4. The minimum Gasteiger partial charge on any atom is -0.344 e. The largest absolute Gasteiger partial charge is 0.344 e. The standard InChI is InChI=1S/C27H20N4OS/c1-17-22(20-15-9-10-16-21(20)30(17)2)25-26(32)31-24(19-13-7-4-8-14-19)23(28-29-27(31)33-25)18-11-5-3-6-12-18/h3-16,24H,1H2,2H3/b25-22+. The zero-order valence-electron chi connectivity index (χ0n) is 18.0. The van der Waals surface area contributed by atoms with Gasteiger partial charge in [0.2, 0.25) is 4.80 Å². The Morgan fingerprint density at radius 1 is 0.879 bits per heavy atom. The van der Waals surface area contributed by atoms with Crippen LogP contribution in [-0.2, 0) is 7.05 Å². The lowest BCUT2D eigenvalue weighted by atomic mass is 9.96. The predicted molar refractivity (Wildman–Crippen MR) is 133 cm³/mol. The van der Waals surface area contributed by atoms with Gasteiger partial charge in [-0.2, -0.15) is 0 Å². The average molecular weight is 449 g/mol. The highest BCUT2D eigenvalue weighted by Gasteiger charge is 2.28. The van der Waals surface area contributed by atoms with Crippen LogP contribution in [0.25, 0.3) is 17.5 Å². The van der Waals surface area contributed by atoms with Crippen molar-refractivity contribution in [3.05, 3.63) is 126 Å².